The summed E-state index contributed by atoms with van der Waals surface area (Å²) < 4.78 is 0. The Morgan fingerprint density at radius 1 is 0.950 bits per heavy atom. The van der Waals surface area contributed by atoms with Gasteiger partial charge in [0.2, 0.25) is 0 Å². The number of hydrogen-bond donors (Lipinski definition) is 2. The molecule has 1 aromatic carbocycles. The molecule has 0 aliphatic heterocycles. The number of nitrogens with one attached hydrogen (secondary N) is 1. The van der Waals surface area contributed by atoms with Gasteiger partial charge in [-0.1, -0.05) is 0 Å². The lowest BCUT2D eigenvalue weighted by Crippen LogP contribution is -2.55. The van der Waals surface area contributed by atoms with Gasteiger partial charge in [0, 0.05) is 11.6 Å². The third-order valence-electron chi connectivity index (χ3n) is 5.65. The summed E-state index contributed by atoms with van der Waals surface area (Å²) in [5.74, 6) is 3.48. The molecule has 0 radical (unpaired) electrons. The Kier molecular flexibility index (Phi) is 2.76. The number of carbonyl (C=O) groups excluding carboxylic acids is 1. The van der Waals surface area contributed by atoms with Gasteiger partial charge in [0.25, 0.3) is 5.91 Å². The van der Waals surface area contributed by atoms with Crippen molar-refractivity contribution >= 4 is 5.91 Å². The molecule has 4 saturated carbocycles. The SMILES string of the molecule is O=C(NC1C2CC3CC(C2)CC1C3)c1ccc(O)cc1. The fraction of sp³-hybridized carbons (Fsp3) is 0.588. The molecular formula is C17H21NO2. The van der Waals surface area contributed by atoms with Gasteiger partial charge in [-0.15, -0.1) is 0 Å². The normalized spacial score (nSPS) is 37.9. The lowest BCUT2D eigenvalue weighted by molar-refractivity contribution is -0.0119. The Balaban J connectivity index is 1.49. The molecule has 0 unspecified atom stereocenters. The zero-order valence-electron chi connectivity index (χ0n) is 11.6. The molecule has 5 rings (SSSR count). The van der Waals surface area contributed by atoms with Crippen molar-refractivity contribution < 1.29 is 9.90 Å². The molecule has 20 heavy (non-hydrogen) atoms. The van der Waals surface area contributed by atoms with E-state index < -0.39 is 0 Å². The van der Waals surface area contributed by atoms with Crippen molar-refractivity contribution in [1.29, 1.82) is 0 Å². The number of rotatable bonds is 2. The van der Waals surface area contributed by atoms with Gasteiger partial charge in [-0.2, -0.15) is 0 Å². The second kappa shape index (κ2) is 4.51. The summed E-state index contributed by atoms with van der Waals surface area (Å²) >= 11 is 0. The number of amides is 1. The highest BCUT2D eigenvalue weighted by Crippen LogP contribution is 2.53. The van der Waals surface area contributed by atoms with Crippen molar-refractivity contribution in [1.82, 2.24) is 5.32 Å². The van der Waals surface area contributed by atoms with Crippen LogP contribution < -0.4 is 5.32 Å². The van der Waals surface area contributed by atoms with E-state index in [4.69, 9.17) is 0 Å². The van der Waals surface area contributed by atoms with Crippen LogP contribution in [0.15, 0.2) is 24.3 Å². The third-order valence-corrected chi connectivity index (χ3v) is 5.65. The van der Waals surface area contributed by atoms with E-state index >= 15 is 0 Å². The Morgan fingerprint density at radius 3 is 2.05 bits per heavy atom. The molecule has 1 amide bonds. The van der Waals surface area contributed by atoms with Crippen LogP contribution >= 0.6 is 0 Å². The zero-order chi connectivity index (χ0) is 13.7. The molecule has 3 heteroatoms. The van der Waals surface area contributed by atoms with Gasteiger partial charge in [-0.05, 0) is 80.0 Å². The summed E-state index contributed by atoms with van der Waals surface area (Å²) in [7, 11) is 0. The van der Waals surface area contributed by atoms with Gasteiger partial charge < -0.3 is 10.4 Å². The van der Waals surface area contributed by atoms with Crippen molar-refractivity contribution in [3.05, 3.63) is 29.8 Å². The maximum absolute atomic E-state index is 12.4. The number of benzene rings is 1. The van der Waals surface area contributed by atoms with Crippen LogP contribution in [0.4, 0.5) is 0 Å². The molecule has 2 N–H and O–H groups in total. The van der Waals surface area contributed by atoms with E-state index in [2.05, 4.69) is 5.32 Å². The number of phenolic OH excluding ortho intramolecular Hbond substituents is 1. The number of carbonyl (C=O) groups is 1. The fourth-order valence-electron chi connectivity index (χ4n) is 5.01. The summed E-state index contributed by atoms with van der Waals surface area (Å²) in [4.78, 5) is 12.4. The average Bonchev–Trinajstić information content (AvgIpc) is 2.42. The van der Waals surface area contributed by atoms with Crippen LogP contribution in [-0.4, -0.2) is 17.1 Å². The van der Waals surface area contributed by atoms with E-state index in [0.717, 1.165) is 11.8 Å². The van der Waals surface area contributed by atoms with Gasteiger partial charge in [0.05, 0.1) is 0 Å². The van der Waals surface area contributed by atoms with Gasteiger partial charge >= 0.3 is 0 Å². The molecule has 0 saturated heterocycles. The van der Waals surface area contributed by atoms with Crippen molar-refractivity contribution in [3.63, 3.8) is 0 Å². The van der Waals surface area contributed by atoms with Crippen molar-refractivity contribution in [2.75, 3.05) is 0 Å². The first kappa shape index (κ1) is 12.2. The minimum atomic E-state index is 0.0162. The summed E-state index contributed by atoms with van der Waals surface area (Å²) in [6.45, 7) is 0. The minimum Gasteiger partial charge on any atom is -0.508 e. The zero-order valence-corrected chi connectivity index (χ0v) is 11.6. The van der Waals surface area contributed by atoms with Crippen LogP contribution in [0.2, 0.25) is 0 Å². The Hall–Kier alpha value is -1.51. The third kappa shape index (κ3) is 2.00. The van der Waals surface area contributed by atoms with E-state index in [9.17, 15) is 9.90 Å². The lowest BCUT2D eigenvalue weighted by Gasteiger charge is -2.54. The first-order chi connectivity index (χ1) is 9.69. The van der Waals surface area contributed by atoms with Gasteiger partial charge in [0.1, 0.15) is 5.75 Å². The molecule has 0 heterocycles. The van der Waals surface area contributed by atoms with Crippen LogP contribution in [-0.2, 0) is 0 Å². The molecule has 0 aromatic heterocycles. The smallest absolute Gasteiger partial charge is 0.251 e. The van der Waals surface area contributed by atoms with E-state index in [1.807, 2.05) is 0 Å². The Bertz CT molecular complexity index is 494. The van der Waals surface area contributed by atoms with Crippen LogP contribution in [0.1, 0.15) is 42.5 Å². The maximum atomic E-state index is 12.4. The fourth-order valence-corrected chi connectivity index (χ4v) is 5.01. The van der Waals surface area contributed by atoms with E-state index in [1.54, 1.807) is 24.3 Å². The van der Waals surface area contributed by atoms with E-state index in [0.29, 0.717) is 23.4 Å². The Labute approximate surface area is 119 Å². The summed E-state index contributed by atoms with van der Waals surface area (Å²) in [6.07, 6.45) is 6.69. The molecule has 4 aliphatic carbocycles. The topological polar surface area (TPSA) is 49.3 Å². The number of aromatic hydroxyl groups is 1. The minimum absolute atomic E-state index is 0.0162. The highest BCUT2D eigenvalue weighted by atomic mass is 16.3. The van der Waals surface area contributed by atoms with Gasteiger partial charge in [-0.3, -0.25) is 4.79 Å². The maximum Gasteiger partial charge on any atom is 0.251 e. The Morgan fingerprint density at radius 2 is 1.50 bits per heavy atom. The van der Waals surface area contributed by atoms with Crippen molar-refractivity contribution in [2.45, 2.75) is 38.1 Å². The predicted molar refractivity (Wildman–Crippen MR) is 76.4 cm³/mol. The first-order valence-electron chi connectivity index (χ1n) is 7.79. The van der Waals surface area contributed by atoms with Crippen LogP contribution in [0.25, 0.3) is 0 Å². The molecule has 4 bridgehead atoms. The average molecular weight is 271 g/mol. The molecular weight excluding hydrogens is 250 g/mol. The summed E-state index contributed by atoms with van der Waals surface area (Å²) in [6, 6.07) is 6.92. The summed E-state index contributed by atoms with van der Waals surface area (Å²) in [5, 5.41) is 12.6. The molecule has 4 aliphatic rings. The standard InChI is InChI=1S/C17H21NO2/c19-15-3-1-12(2-4-15)17(20)18-16-13-6-10-5-11(8-13)9-14(16)7-10/h1-4,10-11,13-14,16,19H,5-9H2,(H,18,20). The molecule has 0 spiro atoms. The second-order valence-electron chi connectivity index (χ2n) is 6.98. The molecule has 3 nitrogen and oxygen atoms in total. The van der Waals surface area contributed by atoms with E-state index in [-0.39, 0.29) is 11.7 Å². The van der Waals surface area contributed by atoms with Gasteiger partial charge in [-0.25, -0.2) is 0 Å². The largest absolute Gasteiger partial charge is 0.508 e. The van der Waals surface area contributed by atoms with E-state index in [1.165, 1.54) is 32.1 Å². The molecule has 4 fully saturated rings. The van der Waals surface area contributed by atoms with Gasteiger partial charge in [0.15, 0.2) is 0 Å². The number of phenols is 1. The van der Waals surface area contributed by atoms with Crippen LogP contribution in [0.5, 0.6) is 5.75 Å². The lowest BCUT2D eigenvalue weighted by atomic mass is 9.54. The number of hydrogen-bond acceptors (Lipinski definition) is 2. The highest BCUT2D eigenvalue weighted by Gasteiger charge is 2.48. The van der Waals surface area contributed by atoms with Crippen molar-refractivity contribution in [3.8, 4) is 5.75 Å². The molecule has 106 valence electrons. The van der Waals surface area contributed by atoms with Crippen molar-refractivity contribution in [2.24, 2.45) is 23.7 Å². The monoisotopic (exact) mass is 271 g/mol. The quantitative estimate of drug-likeness (QED) is 0.869. The van der Waals surface area contributed by atoms with Crippen LogP contribution in [0, 0.1) is 23.7 Å². The first-order valence-corrected chi connectivity index (χ1v) is 7.79. The van der Waals surface area contributed by atoms with Crippen LogP contribution in [0.3, 0.4) is 0 Å². The summed E-state index contributed by atoms with van der Waals surface area (Å²) in [5.41, 5.74) is 0.650. The molecule has 0 atom stereocenters. The second-order valence-corrected chi connectivity index (χ2v) is 6.98. The predicted octanol–water partition coefficient (Wildman–Crippen LogP) is 2.95. The highest BCUT2D eigenvalue weighted by molar-refractivity contribution is 5.94. The molecule has 1 aromatic rings.